The van der Waals surface area contributed by atoms with Crippen molar-refractivity contribution in [2.45, 2.75) is 65.0 Å². The zero-order valence-corrected chi connectivity index (χ0v) is 16.6. The topological polar surface area (TPSA) is 60.5 Å². The first-order chi connectivity index (χ1) is 12.3. The fourth-order valence-corrected chi connectivity index (χ4v) is 4.52. The Labute approximate surface area is 160 Å². The molecule has 2 aliphatic rings. The van der Waals surface area contributed by atoms with Crippen molar-refractivity contribution < 1.29 is 14.3 Å². The van der Waals surface area contributed by atoms with Crippen molar-refractivity contribution in [2.75, 3.05) is 13.2 Å². The highest BCUT2D eigenvalue weighted by Crippen LogP contribution is 2.38. The summed E-state index contributed by atoms with van der Waals surface area (Å²) >= 11 is 6.31. The van der Waals surface area contributed by atoms with Gasteiger partial charge in [0.1, 0.15) is 11.1 Å². The lowest BCUT2D eigenvalue weighted by Gasteiger charge is -2.39. The monoisotopic (exact) mass is 380 g/mol. The molecule has 1 aromatic heterocycles. The number of hydrogen-bond donors (Lipinski definition) is 1. The molecule has 26 heavy (non-hydrogen) atoms. The molecular formula is C20H29ClN2O3. The van der Waals surface area contributed by atoms with Crippen LogP contribution in [0.3, 0.4) is 0 Å². The molecule has 3 rings (SSSR count). The second-order valence-electron chi connectivity index (χ2n) is 8.52. The minimum atomic E-state index is -0.119. The smallest absolute Gasteiger partial charge is 0.253 e. The molecule has 1 amide bonds. The van der Waals surface area contributed by atoms with E-state index in [1.165, 1.54) is 6.42 Å². The zero-order chi connectivity index (χ0) is 18.7. The van der Waals surface area contributed by atoms with E-state index in [0.29, 0.717) is 35.6 Å². The van der Waals surface area contributed by atoms with Crippen molar-refractivity contribution in [1.82, 2.24) is 10.3 Å². The number of halogens is 1. The van der Waals surface area contributed by atoms with Gasteiger partial charge in [-0.2, -0.15) is 0 Å². The molecule has 2 fully saturated rings. The molecular weight excluding hydrogens is 352 g/mol. The molecule has 1 aromatic rings. The van der Waals surface area contributed by atoms with Crippen molar-refractivity contribution >= 4 is 17.5 Å². The van der Waals surface area contributed by atoms with Gasteiger partial charge in [-0.3, -0.25) is 4.79 Å². The molecule has 1 aliphatic heterocycles. The van der Waals surface area contributed by atoms with Crippen molar-refractivity contribution in [3.63, 3.8) is 0 Å². The minimum absolute atomic E-state index is 0.0689. The number of amides is 1. The Bertz CT molecular complexity index is 644. The summed E-state index contributed by atoms with van der Waals surface area (Å²) in [5, 5.41) is 3.53. The van der Waals surface area contributed by atoms with E-state index >= 15 is 0 Å². The maximum Gasteiger partial charge on any atom is 0.253 e. The van der Waals surface area contributed by atoms with Crippen LogP contribution in [0, 0.1) is 11.3 Å². The number of nitrogens with zero attached hydrogens (tertiary/aromatic N) is 1. The maximum absolute atomic E-state index is 12.6. The summed E-state index contributed by atoms with van der Waals surface area (Å²) in [6.07, 6.45) is 6.49. The standard InChI is InChI=1S/C20H29ClN2O3/c1-13-8-15(11-20(2,3)10-13)23-18(24)14-9-17(21)19(22-12-14)26-16-4-6-25-7-5-16/h9,12-13,15-16H,4-8,10-11H2,1-3H3,(H,23,24). The molecule has 2 atom stereocenters. The summed E-state index contributed by atoms with van der Waals surface area (Å²) in [4.78, 5) is 16.9. The third-order valence-corrected chi connectivity index (χ3v) is 5.51. The van der Waals surface area contributed by atoms with Crippen LogP contribution in [0.1, 0.15) is 63.2 Å². The summed E-state index contributed by atoms with van der Waals surface area (Å²) in [5.41, 5.74) is 0.734. The zero-order valence-electron chi connectivity index (χ0n) is 15.9. The Kier molecular flexibility index (Phi) is 6.08. The predicted molar refractivity (Wildman–Crippen MR) is 102 cm³/mol. The molecule has 1 saturated carbocycles. The quantitative estimate of drug-likeness (QED) is 0.848. The van der Waals surface area contributed by atoms with Crippen LogP contribution in [0.4, 0.5) is 0 Å². The number of nitrogens with one attached hydrogen (secondary N) is 1. The molecule has 1 saturated heterocycles. The van der Waals surface area contributed by atoms with E-state index in [4.69, 9.17) is 21.1 Å². The van der Waals surface area contributed by atoms with Gasteiger partial charge in [0.05, 0.1) is 18.8 Å². The van der Waals surface area contributed by atoms with Crippen LogP contribution in [0.2, 0.25) is 5.02 Å². The Hall–Kier alpha value is -1.33. The van der Waals surface area contributed by atoms with E-state index in [9.17, 15) is 4.79 Å². The SMILES string of the molecule is CC1CC(NC(=O)c2cnc(OC3CCOCC3)c(Cl)c2)CC(C)(C)C1. The second kappa shape index (κ2) is 8.13. The number of carbonyl (C=O) groups excluding carboxylic acids is 1. The Morgan fingerprint density at radius 1 is 1.35 bits per heavy atom. The lowest BCUT2D eigenvalue weighted by molar-refractivity contribution is 0.0238. The van der Waals surface area contributed by atoms with Crippen molar-refractivity contribution in [3.8, 4) is 5.88 Å². The molecule has 0 radical (unpaired) electrons. The largest absolute Gasteiger partial charge is 0.473 e. The molecule has 0 spiro atoms. The van der Waals surface area contributed by atoms with Gasteiger partial charge in [0.2, 0.25) is 5.88 Å². The Balaban J connectivity index is 1.61. The third kappa shape index (κ3) is 5.10. The summed E-state index contributed by atoms with van der Waals surface area (Å²) in [5.74, 6) is 0.885. The van der Waals surface area contributed by atoms with Gasteiger partial charge in [-0.1, -0.05) is 32.4 Å². The first-order valence-electron chi connectivity index (χ1n) is 9.53. The Morgan fingerprint density at radius 2 is 2.08 bits per heavy atom. The van der Waals surface area contributed by atoms with Gasteiger partial charge in [-0.15, -0.1) is 0 Å². The van der Waals surface area contributed by atoms with Gasteiger partial charge in [0.25, 0.3) is 5.91 Å². The van der Waals surface area contributed by atoms with Crippen LogP contribution < -0.4 is 10.1 Å². The van der Waals surface area contributed by atoms with Gasteiger partial charge in [-0.25, -0.2) is 4.98 Å². The van der Waals surface area contributed by atoms with E-state index in [0.717, 1.165) is 25.7 Å². The predicted octanol–water partition coefficient (Wildman–Crippen LogP) is 4.24. The first-order valence-corrected chi connectivity index (χ1v) is 9.91. The highest BCUT2D eigenvalue weighted by molar-refractivity contribution is 6.32. The summed E-state index contributed by atoms with van der Waals surface area (Å²) in [7, 11) is 0. The van der Waals surface area contributed by atoms with Crippen LogP contribution in [0.5, 0.6) is 5.88 Å². The lowest BCUT2D eigenvalue weighted by atomic mass is 9.70. The van der Waals surface area contributed by atoms with Crippen molar-refractivity contribution in [2.24, 2.45) is 11.3 Å². The van der Waals surface area contributed by atoms with Gasteiger partial charge >= 0.3 is 0 Å². The minimum Gasteiger partial charge on any atom is -0.473 e. The average molecular weight is 381 g/mol. The third-order valence-electron chi connectivity index (χ3n) is 5.24. The highest BCUT2D eigenvalue weighted by Gasteiger charge is 2.33. The summed E-state index contributed by atoms with van der Waals surface area (Å²) in [6, 6.07) is 1.84. The molecule has 2 unspecified atom stereocenters. The van der Waals surface area contributed by atoms with E-state index in [2.05, 4.69) is 31.1 Å². The van der Waals surface area contributed by atoms with Crippen LogP contribution in [0.25, 0.3) is 0 Å². The van der Waals surface area contributed by atoms with Crippen LogP contribution in [-0.4, -0.2) is 36.3 Å². The number of carbonyl (C=O) groups is 1. The van der Waals surface area contributed by atoms with Gasteiger partial charge in [0, 0.05) is 25.1 Å². The molecule has 0 aromatic carbocycles. The average Bonchev–Trinajstić information content (AvgIpc) is 2.55. The Morgan fingerprint density at radius 3 is 2.73 bits per heavy atom. The molecule has 1 aliphatic carbocycles. The van der Waals surface area contributed by atoms with Crippen molar-refractivity contribution in [3.05, 3.63) is 22.8 Å². The fraction of sp³-hybridized carbons (Fsp3) is 0.700. The number of ether oxygens (including phenoxy) is 2. The molecule has 6 heteroatoms. The first kappa shape index (κ1) is 19.4. The molecule has 0 bridgehead atoms. The highest BCUT2D eigenvalue weighted by atomic mass is 35.5. The van der Waals surface area contributed by atoms with E-state index < -0.39 is 0 Å². The molecule has 144 valence electrons. The summed E-state index contributed by atoms with van der Waals surface area (Å²) in [6.45, 7) is 8.17. The second-order valence-corrected chi connectivity index (χ2v) is 8.93. The van der Waals surface area contributed by atoms with Crippen LogP contribution in [-0.2, 0) is 4.74 Å². The van der Waals surface area contributed by atoms with Gasteiger partial charge < -0.3 is 14.8 Å². The molecule has 2 heterocycles. The van der Waals surface area contributed by atoms with Gasteiger partial charge in [0.15, 0.2) is 0 Å². The molecule has 5 nitrogen and oxygen atoms in total. The number of hydrogen-bond acceptors (Lipinski definition) is 4. The van der Waals surface area contributed by atoms with Crippen molar-refractivity contribution in [1.29, 1.82) is 0 Å². The summed E-state index contributed by atoms with van der Waals surface area (Å²) < 4.78 is 11.2. The van der Waals surface area contributed by atoms with E-state index in [-0.39, 0.29) is 23.5 Å². The fourth-order valence-electron chi connectivity index (χ4n) is 4.31. The van der Waals surface area contributed by atoms with E-state index in [1.54, 1.807) is 12.3 Å². The molecule has 1 N–H and O–H groups in total. The lowest BCUT2D eigenvalue weighted by Crippen LogP contribution is -2.43. The maximum atomic E-state index is 12.6. The van der Waals surface area contributed by atoms with Crippen LogP contribution >= 0.6 is 11.6 Å². The number of pyridine rings is 1. The van der Waals surface area contributed by atoms with Gasteiger partial charge in [-0.05, 0) is 36.7 Å². The van der Waals surface area contributed by atoms with Crippen LogP contribution in [0.15, 0.2) is 12.3 Å². The number of aromatic nitrogens is 1. The van der Waals surface area contributed by atoms with E-state index in [1.807, 2.05) is 0 Å². The number of rotatable bonds is 4. The normalized spacial score (nSPS) is 26.3.